The second-order valence-electron chi connectivity index (χ2n) is 7.16. The average molecular weight is 383 g/mol. The van der Waals surface area contributed by atoms with Crippen molar-refractivity contribution in [1.82, 2.24) is 10.2 Å². The highest BCUT2D eigenvalue weighted by Gasteiger charge is 2.28. The third-order valence-electron chi connectivity index (χ3n) is 4.63. The summed E-state index contributed by atoms with van der Waals surface area (Å²) in [5.74, 6) is 0.278. The molecule has 5 nitrogen and oxygen atoms in total. The fourth-order valence-corrected chi connectivity index (χ4v) is 3.34. The molecule has 0 saturated carbocycles. The van der Waals surface area contributed by atoms with E-state index in [9.17, 15) is 9.59 Å². The molecule has 2 aromatic rings. The summed E-state index contributed by atoms with van der Waals surface area (Å²) >= 11 is 0. The van der Waals surface area contributed by atoms with Gasteiger partial charge in [-0.25, -0.2) is 0 Å². The third kappa shape index (κ3) is 5.84. The van der Waals surface area contributed by atoms with E-state index < -0.39 is 6.04 Å². The van der Waals surface area contributed by atoms with E-state index in [-0.39, 0.29) is 18.4 Å². The monoisotopic (exact) mass is 382 g/mol. The van der Waals surface area contributed by atoms with Crippen LogP contribution in [0.5, 0.6) is 5.75 Å². The van der Waals surface area contributed by atoms with Gasteiger partial charge in [-0.15, -0.1) is 0 Å². The number of rotatable bonds is 8. The molecule has 2 rings (SSSR count). The van der Waals surface area contributed by atoms with Crippen LogP contribution in [0, 0.1) is 20.8 Å². The van der Waals surface area contributed by atoms with Gasteiger partial charge >= 0.3 is 0 Å². The first kappa shape index (κ1) is 21.5. The van der Waals surface area contributed by atoms with Crippen molar-refractivity contribution in [2.24, 2.45) is 0 Å². The number of likely N-dealkylation sites (N-methyl/N-ethyl adjacent to an activating group) is 1. The van der Waals surface area contributed by atoms with Gasteiger partial charge in [0.25, 0.3) is 5.91 Å². The van der Waals surface area contributed by atoms with Gasteiger partial charge < -0.3 is 15.0 Å². The second-order valence-corrected chi connectivity index (χ2v) is 7.16. The summed E-state index contributed by atoms with van der Waals surface area (Å²) in [6.45, 7) is 8.15. The van der Waals surface area contributed by atoms with Crippen molar-refractivity contribution in [1.29, 1.82) is 0 Å². The lowest BCUT2D eigenvalue weighted by molar-refractivity contribution is -0.142. The molecule has 0 bridgehead atoms. The molecule has 1 atom stereocenters. The second kappa shape index (κ2) is 9.93. The molecule has 0 saturated heterocycles. The van der Waals surface area contributed by atoms with Crippen LogP contribution in [0.15, 0.2) is 42.5 Å². The van der Waals surface area contributed by atoms with E-state index in [4.69, 9.17) is 4.74 Å². The van der Waals surface area contributed by atoms with Crippen LogP contribution < -0.4 is 10.1 Å². The molecule has 150 valence electrons. The number of hydrogen-bond donors (Lipinski definition) is 1. The lowest BCUT2D eigenvalue weighted by atomic mass is 10.1. The molecule has 2 amide bonds. The van der Waals surface area contributed by atoms with Gasteiger partial charge in [-0.2, -0.15) is 0 Å². The van der Waals surface area contributed by atoms with E-state index in [1.54, 1.807) is 11.9 Å². The van der Waals surface area contributed by atoms with Crippen molar-refractivity contribution < 1.29 is 14.3 Å². The number of carbonyl (C=O) groups is 2. The Kier molecular flexibility index (Phi) is 7.61. The SMILES string of the molecule is CC[C@@H](C(=O)NC)N(Cc1cccc(C)c1)C(=O)COc1cc(C)cc(C)c1. The van der Waals surface area contributed by atoms with Crippen LogP contribution in [0.4, 0.5) is 0 Å². The molecule has 0 heterocycles. The van der Waals surface area contributed by atoms with Gasteiger partial charge in [-0.05, 0) is 56.0 Å². The number of benzene rings is 2. The maximum absolute atomic E-state index is 13.0. The summed E-state index contributed by atoms with van der Waals surface area (Å²) in [7, 11) is 1.59. The Bertz CT molecular complexity index is 812. The molecule has 0 aliphatic heterocycles. The number of amides is 2. The molecule has 5 heteroatoms. The minimum Gasteiger partial charge on any atom is -0.484 e. The quantitative estimate of drug-likeness (QED) is 0.760. The van der Waals surface area contributed by atoms with Crippen LogP contribution in [-0.2, 0) is 16.1 Å². The van der Waals surface area contributed by atoms with Crippen molar-refractivity contribution in [3.05, 3.63) is 64.7 Å². The number of ether oxygens (including phenoxy) is 1. The maximum atomic E-state index is 13.0. The van der Waals surface area contributed by atoms with E-state index in [0.717, 1.165) is 22.3 Å². The molecule has 0 spiro atoms. The highest BCUT2D eigenvalue weighted by molar-refractivity contribution is 5.88. The molecular formula is C23H30N2O3. The molecule has 0 unspecified atom stereocenters. The minimum atomic E-state index is -0.541. The lowest BCUT2D eigenvalue weighted by Crippen LogP contribution is -2.49. The molecular weight excluding hydrogens is 352 g/mol. The highest BCUT2D eigenvalue weighted by Crippen LogP contribution is 2.18. The van der Waals surface area contributed by atoms with Crippen molar-refractivity contribution in [2.75, 3.05) is 13.7 Å². The normalized spacial score (nSPS) is 11.6. The Balaban J connectivity index is 2.20. The standard InChI is InChI=1S/C23H30N2O3/c1-6-21(23(27)24-5)25(14-19-9-7-8-16(2)11-19)22(26)15-28-20-12-17(3)10-18(4)13-20/h7-13,21H,6,14-15H2,1-5H3,(H,24,27)/t21-/m0/s1. The first-order valence-electron chi connectivity index (χ1n) is 9.61. The van der Waals surface area contributed by atoms with Gasteiger partial charge in [-0.1, -0.05) is 42.8 Å². The van der Waals surface area contributed by atoms with Gasteiger partial charge in [0.15, 0.2) is 6.61 Å². The summed E-state index contributed by atoms with van der Waals surface area (Å²) in [5, 5.41) is 2.66. The Hall–Kier alpha value is -2.82. The molecule has 1 N–H and O–H groups in total. The average Bonchev–Trinajstić information content (AvgIpc) is 2.65. The van der Waals surface area contributed by atoms with Crippen LogP contribution in [-0.4, -0.2) is 36.4 Å². The summed E-state index contributed by atoms with van der Waals surface area (Å²) < 4.78 is 5.76. The van der Waals surface area contributed by atoms with E-state index in [2.05, 4.69) is 11.4 Å². The van der Waals surface area contributed by atoms with Crippen LogP contribution in [0.1, 0.15) is 35.6 Å². The van der Waals surface area contributed by atoms with Crippen LogP contribution >= 0.6 is 0 Å². The highest BCUT2D eigenvalue weighted by atomic mass is 16.5. The molecule has 28 heavy (non-hydrogen) atoms. The number of aryl methyl sites for hydroxylation is 3. The topological polar surface area (TPSA) is 58.6 Å². The van der Waals surface area contributed by atoms with Gasteiger partial charge in [0.2, 0.25) is 5.91 Å². The van der Waals surface area contributed by atoms with E-state index in [1.165, 1.54) is 0 Å². The van der Waals surface area contributed by atoms with Crippen molar-refractivity contribution in [2.45, 2.75) is 46.7 Å². The smallest absolute Gasteiger partial charge is 0.261 e. The van der Waals surface area contributed by atoms with Crippen molar-refractivity contribution >= 4 is 11.8 Å². The van der Waals surface area contributed by atoms with Crippen LogP contribution in [0.25, 0.3) is 0 Å². The zero-order valence-electron chi connectivity index (χ0n) is 17.4. The molecule has 0 radical (unpaired) electrons. The molecule has 0 fully saturated rings. The molecule has 2 aromatic carbocycles. The van der Waals surface area contributed by atoms with Crippen LogP contribution in [0.3, 0.4) is 0 Å². The fourth-order valence-electron chi connectivity index (χ4n) is 3.34. The minimum absolute atomic E-state index is 0.109. The van der Waals surface area contributed by atoms with Gasteiger partial charge in [0.1, 0.15) is 11.8 Å². The first-order chi connectivity index (χ1) is 13.3. The fraction of sp³-hybridized carbons (Fsp3) is 0.391. The zero-order valence-corrected chi connectivity index (χ0v) is 17.4. The van der Waals surface area contributed by atoms with Crippen molar-refractivity contribution in [3.63, 3.8) is 0 Å². The maximum Gasteiger partial charge on any atom is 0.261 e. The Labute approximate surface area is 167 Å². The number of nitrogens with one attached hydrogen (secondary N) is 1. The van der Waals surface area contributed by atoms with E-state index in [1.807, 2.05) is 64.1 Å². The van der Waals surface area contributed by atoms with E-state index in [0.29, 0.717) is 18.7 Å². The lowest BCUT2D eigenvalue weighted by Gasteiger charge is -2.30. The number of carbonyl (C=O) groups excluding carboxylic acids is 2. The van der Waals surface area contributed by atoms with Gasteiger partial charge in [0.05, 0.1) is 0 Å². The number of nitrogens with zero attached hydrogens (tertiary/aromatic N) is 1. The van der Waals surface area contributed by atoms with Gasteiger partial charge in [0, 0.05) is 13.6 Å². The summed E-state index contributed by atoms with van der Waals surface area (Å²) in [6.07, 6.45) is 0.529. The largest absolute Gasteiger partial charge is 0.484 e. The predicted molar refractivity (Wildman–Crippen MR) is 111 cm³/mol. The summed E-state index contributed by atoms with van der Waals surface area (Å²) in [5.41, 5.74) is 4.26. The Morgan fingerprint density at radius 1 is 1.04 bits per heavy atom. The molecule has 0 aliphatic rings. The molecule has 0 aromatic heterocycles. The zero-order chi connectivity index (χ0) is 20.7. The van der Waals surface area contributed by atoms with Crippen LogP contribution in [0.2, 0.25) is 0 Å². The van der Waals surface area contributed by atoms with Gasteiger partial charge in [-0.3, -0.25) is 9.59 Å². The molecule has 0 aliphatic carbocycles. The predicted octanol–water partition coefficient (Wildman–Crippen LogP) is 3.54. The Morgan fingerprint density at radius 2 is 1.71 bits per heavy atom. The first-order valence-corrected chi connectivity index (χ1v) is 9.61. The summed E-state index contributed by atoms with van der Waals surface area (Å²) in [4.78, 5) is 27.0. The van der Waals surface area contributed by atoms with Crippen molar-refractivity contribution in [3.8, 4) is 5.75 Å². The third-order valence-corrected chi connectivity index (χ3v) is 4.63. The number of hydrogen-bond acceptors (Lipinski definition) is 3. The van der Waals surface area contributed by atoms with E-state index >= 15 is 0 Å². The Morgan fingerprint density at radius 3 is 2.29 bits per heavy atom. The summed E-state index contributed by atoms with van der Waals surface area (Å²) in [6, 6.07) is 13.3.